The summed E-state index contributed by atoms with van der Waals surface area (Å²) in [6.45, 7) is 0.707. The topological polar surface area (TPSA) is 49.4 Å². The molecule has 0 amide bonds. The highest BCUT2D eigenvalue weighted by atomic mass is 32.2. The number of rotatable bonds is 6. The van der Waals surface area contributed by atoms with Crippen molar-refractivity contribution in [2.45, 2.75) is 18.0 Å². The van der Waals surface area contributed by atoms with Crippen molar-refractivity contribution in [1.29, 1.82) is 0 Å². The van der Waals surface area contributed by atoms with Crippen LogP contribution in [0.4, 0.5) is 4.39 Å². The Labute approximate surface area is 128 Å². The standard InChI is InChI=1S/C14H17FN2O2S2/c1-16-8-11-3-4-13(15)14(7-11)21(18,19)17(2)9-12-5-6-20-10-12/h3-7,10,16H,8-9H2,1-2H3. The molecule has 114 valence electrons. The summed E-state index contributed by atoms with van der Waals surface area (Å²) in [5, 5.41) is 6.67. The molecule has 0 unspecified atom stereocenters. The van der Waals surface area contributed by atoms with Gasteiger partial charge >= 0.3 is 0 Å². The van der Waals surface area contributed by atoms with Crippen LogP contribution in [0.15, 0.2) is 39.9 Å². The molecular weight excluding hydrogens is 311 g/mol. The van der Waals surface area contributed by atoms with E-state index < -0.39 is 15.8 Å². The molecular formula is C14H17FN2O2S2. The Balaban J connectivity index is 2.31. The zero-order chi connectivity index (χ0) is 15.5. The lowest BCUT2D eigenvalue weighted by molar-refractivity contribution is 0.460. The van der Waals surface area contributed by atoms with Crippen LogP contribution in [-0.2, 0) is 23.1 Å². The molecule has 0 saturated heterocycles. The van der Waals surface area contributed by atoms with Crippen molar-refractivity contribution in [2.24, 2.45) is 0 Å². The van der Waals surface area contributed by atoms with Crippen molar-refractivity contribution >= 4 is 21.4 Å². The second-order valence-electron chi connectivity index (χ2n) is 4.69. The molecule has 0 radical (unpaired) electrons. The maximum atomic E-state index is 13.9. The van der Waals surface area contributed by atoms with E-state index in [2.05, 4.69) is 5.32 Å². The highest BCUT2D eigenvalue weighted by Gasteiger charge is 2.25. The Morgan fingerprint density at radius 2 is 2.05 bits per heavy atom. The molecule has 0 saturated carbocycles. The highest BCUT2D eigenvalue weighted by Crippen LogP contribution is 2.22. The third kappa shape index (κ3) is 3.68. The number of halogens is 1. The first-order chi connectivity index (χ1) is 9.95. The number of nitrogens with zero attached hydrogens (tertiary/aromatic N) is 1. The molecule has 1 N–H and O–H groups in total. The van der Waals surface area contributed by atoms with Crippen molar-refractivity contribution < 1.29 is 12.8 Å². The molecule has 1 aromatic carbocycles. The van der Waals surface area contributed by atoms with Gasteiger partial charge in [0.25, 0.3) is 0 Å². The van der Waals surface area contributed by atoms with Crippen molar-refractivity contribution in [1.82, 2.24) is 9.62 Å². The van der Waals surface area contributed by atoms with E-state index in [-0.39, 0.29) is 11.4 Å². The molecule has 1 heterocycles. The molecule has 21 heavy (non-hydrogen) atoms. The number of hydrogen-bond acceptors (Lipinski definition) is 4. The predicted octanol–water partition coefficient (Wildman–Crippen LogP) is 2.43. The minimum Gasteiger partial charge on any atom is -0.316 e. The average molecular weight is 328 g/mol. The summed E-state index contributed by atoms with van der Waals surface area (Å²) in [5.41, 5.74) is 1.61. The van der Waals surface area contributed by atoms with Crippen LogP contribution in [0, 0.1) is 5.82 Å². The molecule has 4 nitrogen and oxygen atoms in total. The van der Waals surface area contributed by atoms with E-state index in [0.717, 1.165) is 15.4 Å². The molecule has 0 bridgehead atoms. The van der Waals surface area contributed by atoms with E-state index in [0.29, 0.717) is 6.54 Å². The van der Waals surface area contributed by atoms with Gasteiger partial charge in [0.15, 0.2) is 0 Å². The fourth-order valence-corrected chi connectivity index (χ4v) is 3.88. The van der Waals surface area contributed by atoms with Gasteiger partial charge in [-0.1, -0.05) is 6.07 Å². The summed E-state index contributed by atoms with van der Waals surface area (Å²) in [5.74, 6) is -0.730. The lowest BCUT2D eigenvalue weighted by Gasteiger charge is -2.17. The van der Waals surface area contributed by atoms with Crippen LogP contribution in [0.1, 0.15) is 11.1 Å². The molecule has 0 atom stereocenters. The van der Waals surface area contributed by atoms with E-state index in [1.54, 1.807) is 13.1 Å². The maximum Gasteiger partial charge on any atom is 0.246 e. The van der Waals surface area contributed by atoms with Gasteiger partial charge in [0, 0.05) is 20.1 Å². The molecule has 7 heteroatoms. The predicted molar refractivity (Wildman–Crippen MR) is 82.1 cm³/mol. The first-order valence-corrected chi connectivity index (χ1v) is 8.74. The van der Waals surface area contributed by atoms with Crippen molar-refractivity contribution in [3.8, 4) is 0 Å². The molecule has 0 aliphatic carbocycles. The van der Waals surface area contributed by atoms with Crippen LogP contribution < -0.4 is 5.32 Å². The minimum atomic E-state index is -3.85. The quantitative estimate of drug-likeness (QED) is 0.886. The van der Waals surface area contributed by atoms with E-state index in [1.165, 1.54) is 30.5 Å². The van der Waals surface area contributed by atoms with Gasteiger partial charge in [0.2, 0.25) is 10.0 Å². The summed E-state index contributed by atoms with van der Waals surface area (Å²) in [4.78, 5) is -0.284. The Hall–Kier alpha value is -1.28. The summed E-state index contributed by atoms with van der Waals surface area (Å²) >= 11 is 1.50. The molecule has 0 fully saturated rings. The largest absolute Gasteiger partial charge is 0.316 e. The summed E-state index contributed by atoms with van der Waals surface area (Å²) in [6.07, 6.45) is 0. The maximum absolute atomic E-state index is 13.9. The molecule has 0 aliphatic heterocycles. The van der Waals surface area contributed by atoms with Crippen LogP contribution in [0.2, 0.25) is 0 Å². The number of thiophene rings is 1. The monoisotopic (exact) mass is 328 g/mol. The van der Waals surface area contributed by atoms with Crippen LogP contribution in [-0.4, -0.2) is 26.8 Å². The molecule has 0 spiro atoms. The second-order valence-corrected chi connectivity index (χ2v) is 7.48. The van der Waals surface area contributed by atoms with Crippen molar-refractivity contribution in [2.75, 3.05) is 14.1 Å². The van der Waals surface area contributed by atoms with Gasteiger partial charge in [-0.3, -0.25) is 0 Å². The van der Waals surface area contributed by atoms with Gasteiger partial charge < -0.3 is 5.32 Å². The Morgan fingerprint density at radius 3 is 2.67 bits per heavy atom. The normalized spacial score (nSPS) is 12.0. The van der Waals surface area contributed by atoms with Gasteiger partial charge in [0.05, 0.1) is 0 Å². The van der Waals surface area contributed by atoms with Crippen LogP contribution >= 0.6 is 11.3 Å². The summed E-state index contributed by atoms with van der Waals surface area (Å²) in [6, 6.07) is 6.00. The average Bonchev–Trinajstić information content (AvgIpc) is 2.94. The lowest BCUT2D eigenvalue weighted by Crippen LogP contribution is -2.27. The van der Waals surface area contributed by atoms with Crippen LogP contribution in [0.3, 0.4) is 0 Å². The van der Waals surface area contributed by atoms with Gasteiger partial charge in [-0.05, 0) is 47.1 Å². The Kier molecular flexibility index (Phi) is 5.10. The van der Waals surface area contributed by atoms with Gasteiger partial charge in [0.1, 0.15) is 10.7 Å². The van der Waals surface area contributed by atoms with E-state index >= 15 is 0 Å². The molecule has 2 rings (SSSR count). The smallest absolute Gasteiger partial charge is 0.246 e. The van der Waals surface area contributed by atoms with Crippen LogP contribution in [0.25, 0.3) is 0 Å². The van der Waals surface area contributed by atoms with Gasteiger partial charge in [-0.15, -0.1) is 0 Å². The van der Waals surface area contributed by atoms with Crippen molar-refractivity contribution in [3.05, 3.63) is 52.0 Å². The highest BCUT2D eigenvalue weighted by molar-refractivity contribution is 7.89. The molecule has 1 aromatic heterocycles. The first-order valence-electron chi connectivity index (χ1n) is 6.35. The lowest BCUT2D eigenvalue weighted by atomic mass is 10.2. The number of sulfonamides is 1. The van der Waals surface area contributed by atoms with Crippen LogP contribution in [0.5, 0.6) is 0 Å². The first kappa shape index (κ1) is 16.1. The van der Waals surface area contributed by atoms with E-state index in [4.69, 9.17) is 0 Å². The summed E-state index contributed by atoms with van der Waals surface area (Å²) < 4.78 is 40.1. The Bertz CT molecular complexity index is 700. The summed E-state index contributed by atoms with van der Waals surface area (Å²) in [7, 11) is -0.646. The number of nitrogens with one attached hydrogen (secondary N) is 1. The van der Waals surface area contributed by atoms with Crippen molar-refractivity contribution in [3.63, 3.8) is 0 Å². The number of hydrogen-bond donors (Lipinski definition) is 1. The second kappa shape index (κ2) is 6.65. The fraction of sp³-hybridized carbons (Fsp3) is 0.286. The fourth-order valence-electron chi connectivity index (χ4n) is 1.95. The zero-order valence-corrected chi connectivity index (χ0v) is 13.5. The van der Waals surface area contributed by atoms with Gasteiger partial charge in [-0.25, -0.2) is 12.8 Å². The minimum absolute atomic E-state index is 0.224. The Morgan fingerprint density at radius 1 is 1.29 bits per heavy atom. The van der Waals surface area contributed by atoms with Gasteiger partial charge in [-0.2, -0.15) is 15.6 Å². The number of benzene rings is 1. The third-order valence-electron chi connectivity index (χ3n) is 3.05. The van der Waals surface area contributed by atoms with E-state index in [1.807, 2.05) is 16.8 Å². The van der Waals surface area contributed by atoms with E-state index in [9.17, 15) is 12.8 Å². The molecule has 2 aromatic rings. The zero-order valence-electron chi connectivity index (χ0n) is 11.8. The SMILES string of the molecule is CNCc1ccc(F)c(S(=O)(=O)N(C)Cc2ccsc2)c1. The molecule has 0 aliphatic rings. The third-order valence-corrected chi connectivity index (χ3v) is 5.60.